The van der Waals surface area contributed by atoms with Crippen LogP contribution in [0.25, 0.3) is 0 Å². The Labute approximate surface area is 185 Å². The lowest BCUT2D eigenvalue weighted by atomic mass is 9.91. The number of hydrogen-bond donors (Lipinski definition) is 2. The van der Waals surface area contributed by atoms with Gasteiger partial charge in [-0.1, -0.05) is 0 Å². The quantitative estimate of drug-likeness (QED) is 0.524. The van der Waals surface area contributed by atoms with Crippen molar-refractivity contribution in [2.75, 3.05) is 36.5 Å². The first-order valence-electron chi connectivity index (χ1n) is 10.4. The van der Waals surface area contributed by atoms with Crippen molar-refractivity contribution in [2.24, 2.45) is 5.92 Å². The third-order valence-electron chi connectivity index (χ3n) is 6.73. The maximum absolute atomic E-state index is 15.3. The summed E-state index contributed by atoms with van der Waals surface area (Å²) in [4.78, 5) is 40.5. The van der Waals surface area contributed by atoms with Crippen LogP contribution in [0.2, 0.25) is 0 Å². The Bertz CT molecular complexity index is 939. The van der Waals surface area contributed by atoms with Crippen LogP contribution in [0.1, 0.15) is 36.0 Å². The molecule has 0 bridgehead atoms. The molecule has 1 saturated carbocycles. The van der Waals surface area contributed by atoms with Crippen molar-refractivity contribution in [3.8, 4) is 5.75 Å². The van der Waals surface area contributed by atoms with Gasteiger partial charge in [-0.25, -0.2) is 9.18 Å². The van der Waals surface area contributed by atoms with Gasteiger partial charge in [0.1, 0.15) is 5.69 Å². The van der Waals surface area contributed by atoms with E-state index in [1.807, 2.05) is 4.90 Å². The number of carbonyl (C=O) groups excluding carboxylic acids is 2. The highest BCUT2D eigenvalue weighted by Crippen LogP contribution is 2.50. The lowest BCUT2D eigenvalue weighted by Crippen LogP contribution is -2.54. The average Bonchev–Trinajstić information content (AvgIpc) is 3.47. The van der Waals surface area contributed by atoms with Gasteiger partial charge in [-0.05, 0) is 44.2 Å². The number of carboxylic acids is 1. The first-order chi connectivity index (χ1) is 14.4. The number of piperidine rings is 1. The van der Waals surface area contributed by atoms with E-state index >= 15 is 4.39 Å². The lowest BCUT2D eigenvalue weighted by Gasteiger charge is -2.37. The number of rotatable bonds is 4. The average molecular weight is 454 g/mol. The first kappa shape index (κ1) is 21.8. The molecule has 10 heteroatoms. The monoisotopic (exact) mass is 453 g/mol. The van der Waals surface area contributed by atoms with Gasteiger partial charge in [0.15, 0.2) is 17.6 Å². The normalized spacial score (nSPS) is 27.5. The number of carbonyl (C=O) groups is 3. The van der Waals surface area contributed by atoms with E-state index in [1.165, 1.54) is 12.0 Å². The number of benzene rings is 1. The van der Waals surface area contributed by atoms with Crippen molar-refractivity contribution < 1.29 is 28.6 Å². The zero-order chi connectivity index (χ0) is 21.2. The molecule has 8 nitrogen and oxygen atoms in total. The zero-order valence-corrected chi connectivity index (χ0v) is 17.9. The van der Waals surface area contributed by atoms with E-state index in [0.29, 0.717) is 31.8 Å². The highest BCUT2D eigenvalue weighted by Gasteiger charge is 2.51. The first-order valence-corrected chi connectivity index (χ1v) is 10.4. The number of anilines is 2. The Morgan fingerprint density at radius 2 is 1.97 bits per heavy atom. The third kappa shape index (κ3) is 3.34. The Morgan fingerprint density at radius 3 is 2.58 bits per heavy atom. The minimum Gasteiger partial charge on any atom is -0.492 e. The summed E-state index contributed by atoms with van der Waals surface area (Å²) >= 11 is 0. The number of ether oxygens (including phenoxy) is 1. The Kier molecular flexibility index (Phi) is 5.59. The maximum Gasteiger partial charge on any atom is 0.334 e. The van der Waals surface area contributed by atoms with Gasteiger partial charge < -0.3 is 25.0 Å². The van der Waals surface area contributed by atoms with Crippen molar-refractivity contribution in [1.29, 1.82) is 0 Å². The summed E-state index contributed by atoms with van der Waals surface area (Å²) in [7, 11) is 1.39. The number of nitrogens with zero attached hydrogens (tertiary/aromatic N) is 2. The molecule has 2 N–H and O–H groups in total. The molecule has 1 aromatic carbocycles. The summed E-state index contributed by atoms with van der Waals surface area (Å²) in [5, 5.41) is 13.2. The summed E-state index contributed by atoms with van der Waals surface area (Å²) in [6.45, 7) is 2.20. The van der Waals surface area contributed by atoms with Crippen LogP contribution in [0.4, 0.5) is 15.8 Å². The molecular formula is C21H25ClFN3O5. The molecule has 0 radical (unpaired) electrons. The van der Waals surface area contributed by atoms with Crippen molar-refractivity contribution in [2.45, 2.75) is 43.8 Å². The predicted octanol–water partition coefficient (Wildman–Crippen LogP) is 1.63. The summed E-state index contributed by atoms with van der Waals surface area (Å²) in [6, 6.07) is -0.450. The summed E-state index contributed by atoms with van der Waals surface area (Å²) in [5.74, 6) is -3.48. The molecule has 3 atom stereocenters. The van der Waals surface area contributed by atoms with Crippen LogP contribution in [-0.4, -0.2) is 67.5 Å². The molecule has 3 aliphatic heterocycles. The largest absolute Gasteiger partial charge is 0.492 e. The van der Waals surface area contributed by atoms with E-state index in [2.05, 4.69) is 5.32 Å². The fourth-order valence-electron chi connectivity index (χ4n) is 5.24. The number of fused-ring (bicyclic) bond motifs is 2. The van der Waals surface area contributed by atoms with Gasteiger partial charge in [-0.2, -0.15) is 0 Å². The van der Waals surface area contributed by atoms with Crippen LogP contribution < -0.4 is 19.9 Å². The highest BCUT2D eigenvalue weighted by atomic mass is 35.5. The molecule has 5 rings (SSSR count). The van der Waals surface area contributed by atoms with Crippen LogP contribution in [0.5, 0.6) is 5.75 Å². The second-order valence-electron chi connectivity index (χ2n) is 8.58. The SMILES string of the molecule is COc1c(N2C[C@@H]3CCCN[C@@H]3C2)c(F)cc2c1N(C1CC1)C(C(=O)O)C(=O)C2=O.Cl. The molecule has 1 unspecified atom stereocenters. The predicted molar refractivity (Wildman–Crippen MR) is 113 cm³/mol. The molecule has 2 saturated heterocycles. The van der Waals surface area contributed by atoms with Crippen molar-refractivity contribution in [3.05, 3.63) is 17.4 Å². The standard InChI is InChI=1S/C21H24FN3O5.ClH/c1-30-20-15-12(18(26)19(27)17(21(28)29)25(15)11-4-5-11)7-13(22)16(20)24-8-10-3-2-6-23-14(10)9-24;/h7,10-11,14,17,23H,2-6,8-9H2,1H3,(H,28,29);1H/t10-,14+,17?;/m0./s1. The molecule has 0 spiro atoms. The van der Waals surface area contributed by atoms with E-state index in [4.69, 9.17) is 4.74 Å². The van der Waals surface area contributed by atoms with Gasteiger partial charge >= 0.3 is 5.97 Å². The lowest BCUT2D eigenvalue weighted by molar-refractivity contribution is -0.141. The van der Waals surface area contributed by atoms with E-state index in [-0.39, 0.29) is 47.2 Å². The molecule has 1 aromatic rings. The Hall–Kier alpha value is -2.39. The third-order valence-corrected chi connectivity index (χ3v) is 6.73. The fraction of sp³-hybridized carbons (Fsp3) is 0.571. The molecule has 3 fully saturated rings. The topological polar surface area (TPSA) is 99.2 Å². The molecule has 0 aromatic heterocycles. The molecule has 31 heavy (non-hydrogen) atoms. The summed E-state index contributed by atoms with van der Waals surface area (Å²) < 4.78 is 20.9. The number of Topliss-reactive ketones (excluding diaryl/α,β-unsaturated/α-hetero) is 2. The molecule has 1 aliphatic carbocycles. The number of carboxylic acid groups (broad SMARTS) is 1. The molecule has 168 valence electrons. The van der Waals surface area contributed by atoms with Crippen LogP contribution >= 0.6 is 12.4 Å². The smallest absolute Gasteiger partial charge is 0.334 e. The van der Waals surface area contributed by atoms with Crippen LogP contribution in [-0.2, 0) is 9.59 Å². The van der Waals surface area contributed by atoms with Crippen LogP contribution in [0.15, 0.2) is 6.07 Å². The molecule has 0 amide bonds. The summed E-state index contributed by atoms with van der Waals surface area (Å²) in [5.41, 5.74) is 0.359. The van der Waals surface area contributed by atoms with E-state index in [1.54, 1.807) is 0 Å². The number of halogens is 2. The molecular weight excluding hydrogens is 429 g/mol. The van der Waals surface area contributed by atoms with Crippen molar-refractivity contribution >= 4 is 41.3 Å². The van der Waals surface area contributed by atoms with E-state index in [9.17, 15) is 19.5 Å². The van der Waals surface area contributed by atoms with Gasteiger partial charge in [-0.3, -0.25) is 9.59 Å². The number of methoxy groups -OCH3 is 1. The zero-order valence-electron chi connectivity index (χ0n) is 17.1. The van der Waals surface area contributed by atoms with Crippen LogP contribution in [0, 0.1) is 11.7 Å². The van der Waals surface area contributed by atoms with Crippen LogP contribution in [0.3, 0.4) is 0 Å². The number of hydrogen-bond acceptors (Lipinski definition) is 7. The van der Waals surface area contributed by atoms with Gasteiger partial charge in [0, 0.05) is 25.2 Å². The minimum absolute atomic E-state index is 0. The van der Waals surface area contributed by atoms with Gasteiger partial charge in [0.05, 0.1) is 18.4 Å². The minimum atomic E-state index is -1.60. The molecule has 4 aliphatic rings. The van der Waals surface area contributed by atoms with Crippen molar-refractivity contribution in [1.82, 2.24) is 5.32 Å². The fourth-order valence-corrected chi connectivity index (χ4v) is 5.24. The Morgan fingerprint density at radius 1 is 1.23 bits per heavy atom. The van der Waals surface area contributed by atoms with Gasteiger partial charge in [-0.15, -0.1) is 12.4 Å². The Balaban J connectivity index is 0.00000231. The van der Waals surface area contributed by atoms with Gasteiger partial charge in [0.25, 0.3) is 0 Å². The maximum atomic E-state index is 15.3. The second-order valence-corrected chi connectivity index (χ2v) is 8.58. The van der Waals surface area contributed by atoms with E-state index < -0.39 is 29.4 Å². The highest BCUT2D eigenvalue weighted by molar-refractivity contribution is 6.51. The number of nitrogens with one attached hydrogen (secondary N) is 1. The number of aliphatic carboxylic acids is 1. The van der Waals surface area contributed by atoms with Gasteiger partial charge in [0.2, 0.25) is 11.6 Å². The van der Waals surface area contributed by atoms with E-state index in [0.717, 1.165) is 25.5 Å². The second kappa shape index (κ2) is 7.94. The molecule has 3 heterocycles. The summed E-state index contributed by atoms with van der Waals surface area (Å²) in [6.07, 6.45) is 3.55. The number of ketones is 2. The van der Waals surface area contributed by atoms with Crippen molar-refractivity contribution in [3.63, 3.8) is 0 Å².